The third kappa shape index (κ3) is 2.45. The van der Waals surface area contributed by atoms with Crippen LogP contribution in [0.3, 0.4) is 0 Å². The van der Waals surface area contributed by atoms with Crippen molar-refractivity contribution in [3.63, 3.8) is 0 Å². The first-order valence-corrected chi connectivity index (χ1v) is 5.11. The van der Waals surface area contributed by atoms with E-state index in [2.05, 4.69) is 10.4 Å². The highest BCUT2D eigenvalue weighted by molar-refractivity contribution is 6.30. The molecular weight excluding hydrogens is 186 g/mol. The van der Waals surface area contributed by atoms with E-state index < -0.39 is 0 Å². The summed E-state index contributed by atoms with van der Waals surface area (Å²) in [5.41, 5.74) is 0. The van der Waals surface area contributed by atoms with Crippen LogP contribution in [0, 0.1) is 5.92 Å². The second-order valence-corrected chi connectivity index (χ2v) is 4.01. The first-order chi connectivity index (χ1) is 6.34. The van der Waals surface area contributed by atoms with Gasteiger partial charge < -0.3 is 5.32 Å². The highest BCUT2D eigenvalue weighted by Gasteiger charge is 2.13. The lowest BCUT2D eigenvalue weighted by Crippen LogP contribution is -2.29. The van der Waals surface area contributed by atoms with Crippen LogP contribution in [-0.2, 0) is 6.54 Å². The Bertz CT molecular complexity index is 266. The van der Waals surface area contributed by atoms with Gasteiger partial charge in [0, 0.05) is 12.7 Å². The molecule has 0 atom stereocenters. The minimum Gasteiger partial charge on any atom is -0.317 e. The number of nitrogens with zero attached hydrogens (tertiary/aromatic N) is 2. The topological polar surface area (TPSA) is 29.9 Å². The average Bonchev–Trinajstić information content (AvgIpc) is 2.53. The molecule has 1 aromatic heterocycles. The molecule has 0 spiro atoms. The first-order valence-electron chi connectivity index (χ1n) is 4.73. The van der Waals surface area contributed by atoms with E-state index in [0.29, 0.717) is 0 Å². The Labute approximate surface area is 83.1 Å². The largest absolute Gasteiger partial charge is 0.317 e. The molecule has 2 rings (SSSR count). The Balaban J connectivity index is 1.89. The van der Waals surface area contributed by atoms with Gasteiger partial charge in [-0.3, -0.25) is 4.68 Å². The molecule has 13 heavy (non-hydrogen) atoms. The third-order valence-electron chi connectivity index (χ3n) is 2.51. The molecule has 72 valence electrons. The molecule has 1 saturated heterocycles. The van der Waals surface area contributed by atoms with Crippen LogP contribution in [0.15, 0.2) is 12.4 Å². The molecular formula is C9H14ClN3. The van der Waals surface area contributed by atoms with E-state index in [-0.39, 0.29) is 0 Å². The van der Waals surface area contributed by atoms with Crippen LogP contribution in [0.25, 0.3) is 0 Å². The lowest BCUT2D eigenvalue weighted by atomic mass is 9.98. The van der Waals surface area contributed by atoms with Crippen molar-refractivity contribution in [3.8, 4) is 0 Å². The molecule has 1 aromatic rings. The summed E-state index contributed by atoms with van der Waals surface area (Å²) in [6.45, 7) is 3.29. The Hall–Kier alpha value is -0.540. The van der Waals surface area contributed by atoms with Crippen LogP contribution in [0.1, 0.15) is 12.8 Å². The van der Waals surface area contributed by atoms with E-state index >= 15 is 0 Å². The van der Waals surface area contributed by atoms with Gasteiger partial charge in [0.1, 0.15) is 0 Å². The average molecular weight is 200 g/mol. The molecule has 0 saturated carbocycles. The zero-order valence-electron chi connectivity index (χ0n) is 7.54. The molecule has 0 bridgehead atoms. The highest BCUT2D eigenvalue weighted by atomic mass is 35.5. The summed E-state index contributed by atoms with van der Waals surface area (Å²) in [5.74, 6) is 0.761. The lowest BCUT2D eigenvalue weighted by Gasteiger charge is -2.22. The third-order valence-corrected chi connectivity index (χ3v) is 2.70. The van der Waals surface area contributed by atoms with Crippen molar-refractivity contribution in [1.82, 2.24) is 15.1 Å². The second kappa shape index (κ2) is 4.11. The SMILES string of the molecule is Clc1cnn(CC2CCNCC2)c1. The van der Waals surface area contributed by atoms with Gasteiger partial charge in [0.25, 0.3) is 0 Å². The van der Waals surface area contributed by atoms with Crippen molar-refractivity contribution in [2.45, 2.75) is 19.4 Å². The van der Waals surface area contributed by atoms with Crippen LogP contribution in [0.5, 0.6) is 0 Å². The molecule has 0 aromatic carbocycles. The zero-order chi connectivity index (χ0) is 9.10. The van der Waals surface area contributed by atoms with Gasteiger partial charge in [-0.25, -0.2) is 0 Å². The Kier molecular flexibility index (Phi) is 2.86. The van der Waals surface area contributed by atoms with Gasteiger partial charge in [-0.2, -0.15) is 5.10 Å². The number of rotatable bonds is 2. The van der Waals surface area contributed by atoms with Crippen LogP contribution in [0.4, 0.5) is 0 Å². The van der Waals surface area contributed by atoms with Crippen molar-refractivity contribution in [3.05, 3.63) is 17.4 Å². The van der Waals surface area contributed by atoms with Crippen molar-refractivity contribution in [2.75, 3.05) is 13.1 Å². The standard InChI is InChI=1S/C9H14ClN3/c10-9-5-12-13(7-9)6-8-1-3-11-4-2-8/h5,7-8,11H,1-4,6H2. The van der Waals surface area contributed by atoms with Gasteiger partial charge in [-0.05, 0) is 31.8 Å². The maximum Gasteiger partial charge on any atom is 0.0785 e. The summed E-state index contributed by atoms with van der Waals surface area (Å²) in [5, 5.41) is 8.25. The van der Waals surface area contributed by atoms with Gasteiger partial charge in [-0.1, -0.05) is 11.6 Å². The molecule has 1 aliphatic heterocycles. The molecule has 0 radical (unpaired) electrons. The number of hydrogen-bond donors (Lipinski definition) is 1. The second-order valence-electron chi connectivity index (χ2n) is 3.57. The summed E-state index contributed by atoms with van der Waals surface area (Å²) in [4.78, 5) is 0. The van der Waals surface area contributed by atoms with E-state index in [0.717, 1.165) is 30.6 Å². The van der Waals surface area contributed by atoms with E-state index in [1.807, 2.05) is 10.9 Å². The quantitative estimate of drug-likeness (QED) is 0.783. The van der Waals surface area contributed by atoms with Gasteiger partial charge in [-0.15, -0.1) is 0 Å². The van der Waals surface area contributed by atoms with Crippen LogP contribution in [-0.4, -0.2) is 22.9 Å². The molecule has 1 N–H and O–H groups in total. The molecule has 0 aliphatic carbocycles. The number of aromatic nitrogens is 2. The van der Waals surface area contributed by atoms with E-state index in [1.165, 1.54) is 12.8 Å². The van der Waals surface area contributed by atoms with Gasteiger partial charge in [0.05, 0.1) is 11.2 Å². The molecule has 1 fully saturated rings. The molecule has 0 unspecified atom stereocenters. The van der Waals surface area contributed by atoms with Crippen molar-refractivity contribution >= 4 is 11.6 Å². The Morgan fingerprint density at radius 1 is 1.54 bits per heavy atom. The fourth-order valence-corrected chi connectivity index (χ4v) is 1.92. The molecule has 2 heterocycles. The minimum atomic E-state index is 0.730. The summed E-state index contributed by atoms with van der Waals surface area (Å²) >= 11 is 5.78. The Morgan fingerprint density at radius 3 is 2.92 bits per heavy atom. The summed E-state index contributed by atoms with van der Waals surface area (Å²) in [6, 6.07) is 0. The Morgan fingerprint density at radius 2 is 2.31 bits per heavy atom. The monoisotopic (exact) mass is 199 g/mol. The number of nitrogens with one attached hydrogen (secondary N) is 1. The molecule has 0 amide bonds. The number of halogens is 1. The first kappa shape index (κ1) is 9.03. The van der Waals surface area contributed by atoms with Gasteiger partial charge >= 0.3 is 0 Å². The maximum atomic E-state index is 5.78. The van der Waals surface area contributed by atoms with Crippen LogP contribution >= 0.6 is 11.6 Å². The van der Waals surface area contributed by atoms with Gasteiger partial charge in [0.2, 0.25) is 0 Å². The molecule has 4 heteroatoms. The smallest absolute Gasteiger partial charge is 0.0785 e. The molecule has 3 nitrogen and oxygen atoms in total. The number of piperidine rings is 1. The molecule has 1 aliphatic rings. The highest BCUT2D eigenvalue weighted by Crippen LogP contribution is 2.15. The predicted octanol–water partition coefficient (Wildman–Crippen LogP) is 1.54. The van der Waals surface area contributed by atoms with Crippen molar-refractivity contribution < 1.29 is 0 Å². The summed E-state index contributed by atoms with van der Waals surface area (Å²) < 4.78 is 1.94. The van der Waals surface area contributed by atoms with E-state index in [4.69, 9.17) is 11.6 Å². The minimum absolute atomic E-state index is 0.730. The summed E-state index contributed by atoms with van der Waals surface area (Å²) in [6.07, 6.45) is 6.08. The predicted molar refractivity (Wildman–Crippen MR) is 52.8 cm³/mol. The zero-order valence-corrected chi connectivity index (χ0v) is 8.30. The summed E-state index contributed by atoms with van der Waals surface area (Å²) in [7, 11) is 0. The maximum absolute atomic E-state index is 5.78. The lowest BCUT2D eigenvalue weighted by molar-refractivity contribution is 0.321. The van der Waals surface area contributed by atoms with Crippen molar-refractivity contribution in [2.24, 2.45) is 5.92 Å². The van der Waals surface area contributed by atoms with E-state index in [1.54, 1.807) is 6.20 Å². The fraction of sp³-hybridized carbons (Fsp3) is 0.667. The van der Waals surface area contributed by atoms with Gasteiger partial charge in [0.15, 0.2) is 0 Å². The fourth-order valence-electron chi connectivity index (χ4n) is 1.77. The van der Waals surface area contributed by atoms with Crippen LogP contribution in [0.2, 0.25) is 5.02 Å². The van der Waals surface area contributed by atoms with Crippen molar-refractivity contribution in [1.29, 1.82) is 0 Å². The normalized spacial score (nSPS) is 19.2. The van der Waals surface area contributed by atoms with Crippen LogP contribution < -0.4 is 5.32 Å². The van der Waals surface area contributed by atoms with E-state index in [9.17, 15) is 0 Å². The number of hydrogen-bond acceptors (Lipinski definition) is 2.